The number of carbonyl (C=O) groups excluding carboxylic acids is 1. The number of carbonyl (C=O) groups is 1. The van der Waals surface area contributed by atoms with Crippen molar-refractivity contribution >= 4 is 29.0 Å². The van der Waals surface area contributed by atoms with Gasteiger partial charge in [0.15, 0.2) is 11.6 Å². The molecule has 0 spiro atoms. The van der Waals surface area contributed by atoms with Crippen LogP contribution in [0.2, 0.25) is 0 Å². The maximum Gasteiger partial charge on any atom is 0.269 e. The average Bonchev–Trinajstić information content (AvgIpc) is 2.85. The van der Waals surface area contributed by atoms with Crippen molar-refractivity contribution in [3.8, 4) is 0 Å². The minimum atomic E-state index is -0.542. The number of nitrogens with one attached hydrogen (secondary N) is 3. The summed E-state index contributed by atoms with van der Waals surface area (Å²) in [6, 6.07) is 15.4. The predicted molar refractivity (Wildman–Crippen MR) is 128 cm³/mol. The Balaban J connectivity index is 1.69. The van der Waals surface area contributed by atoms with E-state index in [4.69, 9.17) is 4.74 Å². The molecule has 1 aromatic heterocycles. The third-order valence-corrected chi connectivity index (χ3v) is 5.05. The van der Waals surface area contributed by atoms with Crippen molar-refractivity contribution in [1.29, 1.82) is 0 Å². The zero-order valence-electron chi connectivity index (χ0n) is 19.1. The van der Waals surface area contributed by atoms with Gasteiger partial charge in [-0.15, -0.1) is 0 Å². The number of nitrogens with zero attached hydrogens (tertiary/aromatic N) is 3. The molecule has 33 heavy (non-hydrogen) atoms. The van der Waals surface area contributed by atoms with E-state index in [2.05, 4.69) is 26.1 Å². The molecule has 0 fully saturated rings. The van der Waals surface area contributed by atoms with Crippen molar-refractivity contribution in [3.05, 3.63) is 71.7 Å². The Morgan fingerprint density at radius 3 is 2.61 bits per heavy atom. The fourth-order valence-electron chi connectivity index (χ4n) is 3.31. The van der Waals surface area contributed by atoms with Gasteiger partial charge in [0, 0.05) is 37.1 Å². The number of methoxy groups -OCH3 is 1. The van der Waals surface area contributed by atoms with E-state index < -0.39 is 5.82 Å². The molecule has 0 atom stereocenters. The molecule has 174 valence electrons. The van der Waals surface area contributed by atoms with Crippen molar-refractivity contribution in [2.75, 3.05) is 42.4 Å². The van der Waals surface area contributed by atoms with Crippen LogP contribution < -0.4 is 21.1 Å². The fraction of sp³-hybridized carbons (Fsp3) is 0.292. The van der Waals surface area contributed by atoms with E-state index in [0.717, 1.165) is 23.1 Å². The molecule has 0 bridgehead atoms. The van der Waals surface area contributed by atoms with E-state index >= 15 is 0 Å². The molecule has 0 aliphatic carbocycles. The fourth-order valence-corrected chi connectivity index (χ4v) is 3.31. The number of benzene rings is 2. The summed E-state index contributed by atoms with van der Waals surface area (Å²) in [5, 5.41) is 3.33. The molecule has 0 saturated carbocycles. The Labute approximate surface area is 193 Å². The van der Waals surface area contributed by atoms with Crippen LogP contribution in [-0.4, -0.2) is 42.7 Å². The van der Waals surface area contributed by atoms with Crippen molar-refractivity contribution < 1.29 is 13.9 Å². The third kappa shape index (κ3) is 6.39. The van der Waals surface area contributed by atoms with Gasteiger partial charge in [0.1, 0.15) is 0 Å². The summed E-state index contributed by atoms with van der Waals surface area (Å²) < 4.78 is 19.3. The highest BCUT2D eigenvalue weighted by molar-refractivity contribution is 5.96. The average molecular weight is 453 g/mol. The van der Waals surface area contributed by atoms with Crippen LogP contribution in [0.1, 0.15) is 29.8 Å². The first-order chi connectivity index (χ1) is 16.0. The summed E-state index contributed by atoms with van der Waals surface area (Å²) >= 11 is 0. The number of hydrogen-bond acceptors (Lipinski definition) is 7. The van der Waals surface area contributed by atoms with Crippen LogP contribution in [0.15, 0.2) is 54.7 Å². The zero-order chi connectivity index (χ0) is 23.6. The van der Waals surface area contributed by atoms with Gasteiger partial charge in [-0.25, -0.2) is 9.37 Å². The molecule has 0 saturated heterocycles. The lowest BCUT2D eigenvalue weighted by Gasteiger charge is -2.22. The maximum atomic E-state index is 14.3. The molecule has 3 rings (SSSR count). The lowest BCUT2D eigenvalue weighted by Crippen LogP contribution is -2.32. The molecular weight excluding hydrogens is 423 g/mol. The Morgan fingerprint density at radius 2 is 1.91 bits per heavy atom. The minimum Gasteiger partial charge on any atom is -0.383 e. The molecular formula is C24H29FN6O2. The molecule has 0 aliphatic heterocycles. The Bertz CT molecular complexity index is 1060. The van der Waals surface area contributed by atoms with Gasteiger partial charge in [0.25, 0.3) is 5.91 Å². The zero-order valence-corrected chi connectivity index (χ0v) is 19.1. The first kappa shape index (κ1) is 23.9. The topological polar surface area (TPSA) is 91.4 Å². The van der Waals surface area contributed by atoms with E-state index in [0.29, 0.717) is 31.7 Å². The second-order valence-electron chi connectivity index (χ2n) is 7.23. The highest BCUT2D eigenvalue weighted by atomic mass is 19.1. The number of aromatic nitrogens is 2. The normalized spacial score (nSPS) is 10.5. The summed E-state index contributed by atoms with van der Waals surface area (Å²) in [6.45, 7) is 5.35. The van der Waals surface area contributed by atoms with Crippen LogP contribution in [0.3, 0.4) is 0 Å². The minimum absolute atomic E-state index is 0.0935. The monoisotopic (exact) mass is 452 g/mol. The van der Waals surface area contributed by atoms with Gasteiger partial charge in [-0.3, -0.25) is 15.6 Å². The van der Waals surface area contributed by atoms with Gasteiger partial charge in [0.2, 0.25) is 5.95 Å². The second kappa shape index (κ2) is 11.8. The lowest BCUT2D eigenvalue weighted by molar-refractivity contribution is 0.0961. The molecule has 0 unspecified atom stereocenters. The molecule has 9 heteroatoms. The number of likely N-dealkylation sites (N-methyl/N-ethyl adjacent to an activating group) is 1. The maximum absolute atomic E-state index is 14.3. The van der Waals surface area contributed by atoms with E-state index in [1.807, 2.05) is 56.3 Å². The largest absolute Gasteiger partial charge is 0.383 e. The molecule has 8 nitrogen and oxygen atoms in total. The van der Waals surface area contributed by atoms with Crippen LogP contribution in [0.4, 0.5) is 27.5 Å². The molecule has 3 N–H and O–H groups in total. The smallest absolute Gasteiger partial charge is 0.269 e. The first-order valence-electron chi connectivity index (χ1n) is 10.8. The van der Waals surface area contributed by atoms with Crippen molar-refractivity contribution in [3.63, 3.8) is 0 Å². The van der Waals surface area contributed by atoms with Gasteiger partial charge in [-0.2, -0.15) is 4.98 Å². The van der Waals surface area contributed by atoms with E-state index in [9.17, 15) is 9.18 Å². The van der Waals surface area contributed by atoms with Gasteiger partial charge in [-0.05, 0) is 49.2 Å². The molecule has 1 amide bonds. The number of anilines is 4. The Hall–Kier alpha value is -3.72. The summed E-state index contributed by atoms with van der Waals surface area (Å²) in [4.78, 5) is 22.7. The van der Waals surface area contributed by atoms with Gasteiger partial charge in [-0.1, -0.05) is 25.1 Å². The van der Waals surface area contributed by atoms with Crippen LogP contribution in [-0.2, 0) is 11.2 Å². The van der Waals surface area contributed by atoms with Gasteiger partial charge >= 0.3 is 0 Å². The number of para-hydroxylation sites is 1. The number of hydrazine groups is 1. The van der Waals surface area contributed by atoms with Gasteiger partial charge in [0.05, 0.1) is 12.8 Å². The van der Waals surface area contributed by atoms with Crippen LogP contribution in [0.5, 0.6) is 0 Å². The summed E-state index contributed by atoms with van der Waals surface area (Å²) in [5.41, 5.74) is 8.57. The molecule has 0 radical (unpaired) electrons. The van der Waals surface area contributed by atoms with E-state index in [1.165, 1.54) is 0 Å². The lowest BCUT2D eigenvalue weighted by atomic mass is 10.0. The number of aryl methyl sites for hydroxylation is 1. The number of ether oxygens (including phenoxy) is 1. The first-order valence-corrected chi connectivity index (χ1v) is 10.8. The SMILES string of the molecule is CCc1cc(Nc2ccccc2)ccc1C(=O)NNc1ncc(F)c(N(CC)CCOC)n1. The highest BCUT2D eigenvalue weighted by Crippen LogP contribution is 2.21. The standard InChI is InChI=1S/C24H29FN6O2/c1-4-17-15-19(27-18-9-7-6-8-10-18)11-12-20(17)23(32)29-30-24-26-16-21(25)22(28-24)31(5-2)13-14-33-3/h6-12,15-16,27H,4-5,13-14H2,1-3H3,(H,29,32)(H,26,28,30). The number of hydrogen-bond donors (Lipinski definition) is 3. The molecule has 0 aliphatic rings. The Kier molecular flexibility index (Phi) is 8.54. The summed E-state index contributed by atoms with van der Waals surface area (Å²) in [6.07, 6.45) is 1.75. The highest BCUT2D eigenvalue weighted by Gasteiger charge is 2.15. The second-order valence-corrected chi connectivity index (χ2v) is 7.23. The molecule has 3 aromatic rings. The quantitative estimate of drug-likeness (QED) is 0.377. The predicted octanol–water partition coefficient (Wildman–Crippen LogP) is 4.15. The summed E-state index contributed by atoms with van der Waals surface area (Å²) in [5.74, 6) is -0.637. The number of rotatable bonds is 11. The van der Waals surface area contributed by atoms with E-state index in [-0.39, 0.29) is 17.7 Å². The van der Waals surface area contributed by atoms with Crippen LogP contribution in [0.25, 0.3) is 0 Å². The number of amides is 1. The van der Waals surface area contributed by atoms with Crippen molar-refractivity contribution in [1.82, 2.24) is 15.4 Å². The number of halogens is 1. The van der Waals surface area contributed by atoms with Crippen molar-refractivity contribution in [2.24, 2.45) is 0 Å². The van der Waals surface area contributed by atoms with Crippen molar-refractivity contribution in [2.45, 2.75) is 20.3 Å². The van der Waals surface area contributed by atoms with Gasteiger partial charge < -0.3 is 15.0 Å². The molecule has 2 aromatic carbocycles. The Morgan fingerprint density at radius 1 is 1.12 bits per heavy atom. The van der Waals surface area contributed by atoms with E-state index in [1.54, 1.807) is 18.1 Å². The molecule has 1 heterocycles. The van der Waals surface area contributed by atoms with Crippen LogP contribution >= 0.6 is 0 Å². The third-order valence-electron chi connectivity index (χ3n) is 5.05. The van der Waals surface area contributed by atoms with Crippen LogP contribution in [0, 0.1) is 5.82 Å². The summed E-state index contributed by atoms with van der Waals surface area (Å²) in [7, 11) is 1.58.